The Balaban J connectivity index is 1.44. The monoisotopic (exact) mass is 501 g/mol. The Morgan fingerprint density at radius 3 is 2.61 bits per heavy atom. The SMILES string of the molecule is CSc1sc(NC(=O)Nc2ccc(F)cc2C(=O)C2CCCC2)nc1CSc1ccccc1. The lowest BCUT2D eigenvalue weighted by atomic mass is 9.95. The number of carbonyl (C=O) groups excluding carboxylic acids is 2. The molecule has 2 N–H and O–H groups in total. The highest BCUT2D eigenvalue weighted by Crippen LogP contribution is 2.35. The van der Waals surface area contributed by atoms with Crippen molar-refractivity contribution in [3.63, 3.8) is 0 Å². The van der Waals surface area contributed by atoms with Crippen LogP contribution in [-0.2, 0) is 5.75 Å². The van der Waals surface area contributed by atoms with E-state index in [-0.39, 0.29) is 17.3 Å². The van der Waals surface area contributed by atoms with E-state index in [2.05, 4.69) is 27.8 Å². The second kappa shape index (κ2) is 11.2. The first-order valence-corrected chi connectivity index (χ1v) is 13.7. The second-order valence-corrected chi connectivity index (χ2v) is 10.8. The van der Waals surface area contributed by atoms with E-state index in [1.165, 1.54) is 29.5 Å². The standard InChI is InChI=1S/C24H24FN3O2S3/c1-31-22-20(14-32-17-9-3-2-4-10-17)27-24(33-22)28-23(30)26-19-12-11-16(25)13-18(19)21(29)15-7-5-6-8-15/h2-4,9-13,15H,5-8,14H2,1H3,(H2,26,27,28,30). The maximum atomic E-state index is 13.9. The van der Waals surface area contributed by atoms with Gasteiger partial charge < -0.3 is 5.32 Å². The van der Waals surface area contributed by atoms with Crippen LogP contribution in [-0.4, -0.2) is 23.1 Å². The number of thioether (sulfide) groups is 2. The fourth-order valence-corrected chi connectivity index (χ4v) is 6.48. The van der Waals surface area contributed by atoms with E-state index in [9.17, 15) is 14.0 Å². The summed E-state index contributed by atoms with van der Waals surface area (Å²) in [6.45, 7) is 0. The molecule has 4 rings (SSSR count). The number of urea groups is 1. The van der Waals surface area contributed by atoms with Crippen LogP contribution in [0.1, 0.15) is 41.7 Å². The van der Waals surface area contributed by atoms with Gasteiger partial charge in [0.1, 0.15) is 5.82 Å². The van der Waals surface area contributed by atoms with Gasteiger partial charge in [0.2, 0.25) is 0 Å². The van der Waals surface area contributed by atoms with E-state index in [1.54, 1.807) is 23.5 Å². The first-order chi connectivity index (χ1) is 16.0. The van der Waals surface area contributed by atoms with Crippen molar-refractivity contribution in [3.05, 3.63) is 65.6 Å². The Hall–Kier alpha value is -2.36. The van der Waals surface area contributed by atoms with Gasteiger partial charge >= 0.3 is 6.03 Å². The summed E-state index contributed by atoms with van der Waals surface area (Å²) in [6.07, 6.45) is 5.60. The molecule has 0 aliphatic heterocycles. The molecule has 9 heteroatoms. The Morgan fingerprint density at radius 2 is 1.88 bits per heavy atom. The summed E-state index contributed by atoms with van der Waals surface area (Å²) in [5.41, 5.74) is 1.45. The number of halogens is 1. The van der Waals surface area contributed by atoms with Gasteiger partial charge in [-0.2, -0.15) is 0 Å². The number of thiazole rings is 1. The Kier molecular flexibility index (Phi) is 8.06. The van der Waals surface area contributed by atoms with E-state index in [0.717, 1.165) is 40.5 Å². The molecule has 2 aromatic carbocycles. The number of Topliss-reactive ketones (excluding diaryl/α,β-unsaturated/α-hetero) is 1. The molecule has 0 unspecified atom stereocenters. The van der Waals surface area contributed by atoms with Crippen LogP contribution >= 0.6 is 34.9 Å². The Labute approximate surface area is 205 Å². The van der Waals surface area contributed by atoms with Crippen LogP contribution in [0.15, 0.2) is 57.6 Å². The average molecular weight is 502 g/mol. The topological polar surface area (TPSA) is 71.1 Å². The first kappa shape index (κ1) is 23.8. The molecule has 1 heterocycles. The third-order valence-electron chi connectivity index (χ3n) is 5.41. The predicted octanol–water partition coefficient (Wildman–Crippen LogP) is 7.31. The zero-order valence-corrected chi connectivity index (χ0v) is 20.5. The van der Waals surface area contributed by atoms with Gasteiger partial charge in [0.25, 0.3) is 0 Å². The number of nitrogens with one attached hydrogen (secondary N) is 2. The highest BCUT2D eigenvalue weighted by molar-refractivity contribution is 8.01. The summed E-state index contributed by atoms with van der Waals surface area (Å²) in [4.78, 5) is 31.3. The van der Waals surface area contributed by atoms with Gasteiger partial charge in [-0.15, -0.1) is 23.5 Å². The molecule has 1 fully saturated rings. The molecule has 0 spiro atoms. The largest absolute Gasteiger partial charge is 0.325 e. The number of amides is 2. The van der Waals surface area contributed by atoms with Crippen molar-refractivity contribution < 1.29 is 14.0 Å². The molecule has 3 aromatic rings. The van der Waals surface area contributed by atoms with Crippen LogP contribution in [0.4, 0.5) is 20.0 Å². The van der Waals surface area contributed by atoms with Gasteiger partial charge in [-0.25, -0.2) is 14.2 Å². The van der Waals surface area contributed by atoms with Gasteiger partial charge in [-0.05, 0) is 49.4 Å². The molecule has 33 heavy (non-hydrogen) atoms. The average Bonchev–Trinajstić information content (AvgIpc) is 3.49. The van der Waals surface area contributed by atoms with Crippen molar-refractivity contribution in [2.75, 3.05) is 16.9 Å². The zero-order chi connectivity index (χ0) is 23.2. The first-order valence-electron chi connectivity index (χ1n) is 10.7. The maximum Gasteiger partial charge on any atom is 0.325 e. The Bertz CT molecular complexity index is 1130. The molecular weight excluding hydrogens is 477 g/mol. The number of rotatable bonds is 8. The third-order valence-corrected chi connectivity index (χ3v) is 8.59. The summed E-state index contributed by atoms with van der Waals surface area (Å²) < 4.78 is 14.9. The van der Waals surface area contributed by atoms with Gasteiger partial charge in [0, 0.05) is 22.1 Å². The van der Waals surface area contributed by atoms with Crippen LogP contribution in [0, 0.1) is 11.7 Å². The number of hydrogen-bond acceptors (Lipinski definition) is 6. The smallest absolute Gasteiger partial charge is 0.307 e. The lowest BCUT2D eigenvalue weighted by molar-refractivity contribution is 0.0923. The number of nitrogens with zero attached hydrogens (tertiary/aromatic N) is 1. The summed E-state index contributed by atoms with van der Waals surface area (Å²) >= 11 is 4.68. The fourth-order valence-electron chi connectivity index (χ4n) is 3.80. The van der Waals surface area contributed by atoms with Crippen molar-refractivity contribution in [2.45, 2.75) is 40.5 Å². The normalized spacial score (nSPS) is 13.8. The van der Waals surface area contributed by atoms with Crippen LogP contribution < -0.4 is 10.6 Å². The molecule has 0 radical (unpaired) electrons. The van der Waals surface area contributed by atoms with Crippen molar-refractivity contribution in [3.8, 4) is 0 Å². The zero-order valence-electron chi connectivity index (χ0n) is 18.1. The van der Waals surface area contributed by atoms with Crippen molar-refractivity contribution in [1.29, 1.82) is 0 Å². The number of carbonyl (C=O) groups is 2. The third kappa shape index (κ3) is 6.16. The quantitative estimate of drug-likeness (QED) is 0.250. The van der Waals surface area contributed by atoms with E-state index in [1.807, 2.05) is 24.5 Å². The van der Waals surface area contributed by atoms with E-state index >= 15 is 0 Å². The van der Waals surface area contributed by atoms with Gasteiger partial charge in [0.05, 0.1) is 15.6 Å². The number of aromatic nitrogens is 1. The molecule has 172 valence electrons. The van der Waals surface area contributed by atoms with Crippen molar-refractivity contribution in [2.24, 2.45) is 5.92 Å². The maximum absolute atomic E-state index is 13.9. The number of anilines is 2. The molecule has 1 aliphatic rings. The molecule has 1 aromatic heterocycles. The van der Waals surface area contributed by atoms with Gasteiger partial charge in [-0.3, -0.25) is 10.1 Å². The second-order valence-electron chi connectivity index (χ2n) is 7.67. The van der Waals surface area contributed by atoms with Crippen LogP contribution in [0.25, 0.3) is 0 Å². The van der Waals surface area contributed by atoms with Crippen LogP contribution in [0.3, 0.4) is 0 Å². The summed E-state index contributed by atoms with van der Waals surface area (Å²) in [7, 11) is 0. The van der Waals surface area contributed by atoms with Crippen LogP contribution in [0.5, 0.6) is 0 Å². The van der Waals surface area contributed by atoms with Crippen molar-refractivity contribution in [1.82, 2.24) is 4.98 Å². The number of ketones is 1. The minimum atomic E-state index is -0.509. The summed E-state index contributed by atoms with van der Waals surface area (Å²) in [5.74, 6) is -0.0186. The van der Waals surface area contributed by atoms with Crippen LogP contribution in [0.2, 0.25) is 0 Å². The molecule has 5 nitrogen and oxygen atoms in total. The highest BCUT2D eigenvalue weighted by Gasteiger charge is 2.26. The molecule has 0 bridgehead atoms. The predicted molar refractivity (Wildman–Crippen MR) is 135 cm³/mol. The Morgan fingerprint density at radius 1 is 1.12 bits per heavy atom. The van der Waals surface area contributed by atoms with Gasteiger partial charge in [-0.1, -0.05) is 42.4 Å². The van der Waals surface area contributed by atoms with Crippen molar-refractivity contribution >= 4 is 57.5 Å². The molecule has 0 saturated heterocycles. The molecular formula is C24H24FN3O2S3. The minimum Gasteiger partial charge on any atom is -0.307 e. The van der Waals surface area contributed by atoms with E-state index < -0.39 is 11.8 Å². The molecule has 1 saturated carbocycles. The minimum absolute atomic E-state index is 0.108. The highest BCUT2D eigenvalue weighted by atomic mass is 32.2. The van der Waals surface area contributed by atoms with E-state index in [0.29, 0.717) is 16.6 Å². The van der Waals surface area contributed by atoms with Gasteiger partial charge in [0.15, 0.2) is 10.9 Å². The molecule has 1 aliphatic carbocycles. The fraction of sp³-hybridized carbons (Fsp3) is 0.292. The molecule has 2 amide bonds. The number of benzene rings is 2. The summed E-state index contributed by atoms with van der Waals surface area (Å²) in [5, 5.41) is 5.95. The lowest BCUT2D eigenvalue weighted by Crippen LogP contribution is -2.22. The van der Waals surface area contributed by atoms with E-state index in [4.69, 9.17) is 0 Å². The molecule has 0 atom stereocenters. The number of hydrogen-bond donors (Lipinski definition) is 2. The summed E-state index contributed by atoms with van der Waals surface area (Å²) in [6, 6.07) is 13.5. The lowest BCUT2D eigenvalue weighted by Gasteiger charge is -2.14.